The van der Waals surface area contributed by atoms with Crippen molar-refractivity contribution in [3.8, 4) is 0 Å². The zero-order valence-corrected chi connectivity index (χ0v) is 11.8. The number of nitrogens with zero attached hydrogens (tertiary/aromatic N) is 1. The highest BCUT2D eigenvalue weighted by Gasteiger charge is 2.26. The molecular weight excluding hydrogens is 224 g/mol. The molecule has 3 nitrogen and oxygen atoms in total. The van der Waals surface area contributed by atoms with Gasteiger partial charge in [0.25, 0.3) is 0 Å². The van der Waals surface area contributed by atoms with Gasteiger partial charge in [-0.3, -0.25) is 4.79 Å². The van der Waals surface area contributed by atoms with Crippen molar-refractivity contribution < 1.29 is 4.79 Å². The van der Waals surface area contributed by atoms with Crippen molar-refractivity contribution in [3.05, 3.63) is 23.0 Å². The van der Waals surface area contributed by atoms with Crippen LogP contribution in [-0.4, -0.2) is 10.5 Å². The van der Waals surface area contributed by atoms with Gasteiger partial charge in [0, 0.05) is 30.4 Å². The molecule has 0 unspecified atom stereocenters. The fraction of sp³-hybridized carbons (Fsp3) is 0.667. The predicted octanol–water partition coefficient (Wildman–Crippen LogP) is 3.25. The van der Waals surface area contributed by atoms with Crippen LogP contribution >= 0.6 is 0 Å². The summed E-state index contributed by atoms with van der Waals surface area (Å²) in [6.07, 6.45) is 5.31. The van der Waals surface area contributed by atoms with Crippen LogP contribution < -0.4 is 5.32 Å². The molecule has 1 heterocycles. The van der Waals surface area contributed by atoms with Crippen LogP contribution in [-0.2, 0) is 11.3 Å². The molecule has 0 bridgehead atoms. The summed E-state index contributed by atoms with van der Waals surface area (Å²) < 4.78 is 2.42. The zero-order chi connectivity index (χ0) is 13.1. The molecule has 2 rings (SSSR count). The van der Waals surface area contributed by atoms with Gasteiger partial charge in [0.05, 0.1) is 0 Å². The lowest BCUT2D eigenvalue weighted by atomic mass is 10.2. The first kappa shape index (κ1) is 13.2. The third-order valence-corrected chi connectivity index (χ3v) is 3.73. The quantitative estimate of drug-likeness (QED) is 0.824. The molecule has 18 heavy (non-hydrogen) atoms. The first-order valence-electron chi connectivity index (χ1n) is 7.07. The number of amides is 1. The maximum absolute atomic E-state index is 11.6. The number of rotatable bonds is 6. The number of unbranched alkanes of at least 4 members (excludes halogenated alkanes) is 1. The van der Waals surface area contributed by atoms with E-state index in [0.29, 0.717) is 13.0 Å². The van der Waals surface area contributed by atoms with Gasteiger partial charge >= 0.3 is 0 Å². The van der Waals surface area contributed by atoms with Gasteiger partial charge in [0.1, 0.15) is 0 Å². The summed E-state index contributed by atoms with van der Waals surface area (Å²) in [7, 11) is 0. The summed E-state index contributed by atoms with van der Waals surface area (Å²) in [5, 5.41) is 3.02. The minimum Gasteiger partial charge on any atom is -0.352 e. The van der Waals surface area contributed by atoms with Crippen molar-refractivity contribution in [3.63, 3.8) is 0 Å². The maximum atomic E-state index is 11.6. The second-order valence-corrected chi connectivity index (χ2v) is 5.38. The zero-order valence-electron chi connectivity index (χ0n) is 11.8. The van der Waals surface area contributed by atoms with Crippen LogP contribution in [0, 0.1) is 13.8 Å². The Kier molecular flexibility index (Phi) is 4.10. The van der Waals surface area contributed by atoms with Crippen LogP contribution in [0.4, 0.5) is 0 Å². The Labute approximate surface area is 110 Å². The van der Waals surface area contributed by atoms with Gasteiger partial charge in [-0.05, 0) is 44.7 Å². The van der Waals surface area contributed by atoms with E-state index in [9.17, 15) is 4.79 Å². The number of hydrogen-bond acceptors (Lipinski definition) is 1. The van der Waals surface area contributed by atoms with Crippen molar-refractivity contribution in [1.82, 2.24) is 9.88 Å². The molecule has 1 aliphatic rings. The summed E-state index contributed by atoms with van der Waals surface area (Å²) >= 11 is 0. The van der Waals surface area contributed by atoms with Gasteiger partial charge in [-0.15, -0.1) is 0 Å². The number of aromatic nitrogens is 1. The Hall–Kier alpha value is -1.25. The van der Waals surface area contributed by atoms with Crippen molar-refractivity contribution in [2.24, 2.45) is 0 Å². The Morgan fingerprint density at radius 1 is 1.44 bits per heavy atom. The molecule has 0 radical (unpaired) electrons. The number of aryl methyl sites for hydroxylation is 1. The largest absolute Gasteiger partial charge is 0.352 e. The summed E-state index contributed by atoms with van der Waals surface area (Å²) in [6.45, 7) is 7.11. The molecule has 1 N–H and O–H groups in total. The molecule has 0 saturated heterocycles. The van der Waals surface area contributed by atoms with Crippen LogP contribution in [0.3, 0.4) is 0 Å². The topological polar surface area (TPSA) is 34.0 Å². The Balaban J connectivity index is 1.93. The molecule has 1 aliphatic carbocycles. The predicted molar refractivity (Wildman–Crippen MR) is 73.5 cm³/mol. The Morgan fingerprint density at radius 2 is 2.17 bits per heavy atom. The molecular formula is C15H24N2O. The van der Waals surface area contributed by atoms with E-state index in [1.165, 1.54) is 29.8 Å². The fourth-order valence-electron chi connectivity index (χ4n) is 2.54. The van der Waals surface area contributed by atoms with Gasteiger partial charge < -0.3 is 9.88 Å². The highest BCUT2D eigenvalue weighted by Crippen LogP contribution is 2.38. The average molecular weight is 248 g/mol. The van der Waals surface area contributed by atoms with E-state index in [4.69, 9.17) is 0 Å². The first-order chi connectivity index (χ1) is 8.63. The standard InChI is InChI=1S/C15H24N2O/c1-4-5-6-15(18)16-10-13-9-11(2)17(12(13)3)14-7-8-14/h9,14H,4-8,10H2,1-3H3,(H,16,18). The van der Waals surface area contributed by atoms with Crippen molar-refractivity contribution in [2.75, 3.05) is 0 Å². The van der Waals surface area contributed by atoms with Crippen molar-refractivity contribution >= 4 is 5.91 Å². The van der Waals surface area contributed by atoms with Gasteiger partial charge in [0.15, 0.2) is 0 Å². The van der Waals surface area contributed by atoms with Gasteiger partial charge in [-0.1, -0.05) is 13.3 Å². The minimum absolute atomic E-state index is 0.174. The van der Waals surface area contributed by atoms with Crippen LogP contribution in [0.1, 0.15) is 62.0 Å². The Morgan fingerprint density at radius 3 is 2.78 bits per heavy atom. The van der Waals surface area contributed by atoms with Gasteiger partial charge in [-0.2, -0.15) is 0 Å². The number of hydrogen-bond donors (Lipinski definition) is 1. The summed E-state index contributed by atoms with van der Waals surface area (Å²) in [5.41, 5.74) is 3.92. The molecule has 1 amide bonds. The smallest absolute Gasteiger partial charge is 0.220 e. The van der Waals surface area contributed by atoms with E-state index >= 15 is 0 Å². The lowest BCUT2D eigenvalue weighted by Crippen LogP contribution is -2.22. The van der Waals surface area contributed by atoms with E-state index in [2.05, 4.69) is 36.7 Å². The van der Waals surface area contributed by atoms with Crippen LogP contribution in [0.5, 0.6) is 0 Å². The second kappa shape index (κ2) is 5.59. The summed E-state index contributed by atoms with van der Waals surface area (Å²) in [4.78, 5) is 11.6. The highest BCUT2D eigenvalue weighted by molar-refractivity contribution is 5.75. The van der Waals surface area contributed by atoms with E-state index in [0.717, 1.165) is 18.9 Å². The van der Waals surface area contributed by atoms with Crippen LogP contribution in [0.15, 0.2) is 6.07 Å². The SMILES string of the molecule is CCCCC(=O)NCc1cc(C)n(C2CC2)c1C. The number of carbonyl (C=O) groups is 1. The van der Waals surface area contributed by atoms with Crippen LogP contribution in [0.25, 0.3) is 0 Å². The van der Waals surface area contributed by atoms with E-state index in [1.54, 1.807) is 0 Å². The third-order valence-electron chi connectivity index (χ3n) is 3.73. The molecule has 3 heteroatoms. The van der Waals surface area contributed by atoms with E-state index in [1.807, 2.05) is 0 Å². The Bertz CT molecular complexity index is 430. The van der Waals surface area contributed by atoms with Gasteiger partial charge in [-0.25, -0.2) is 0 Å². The summed E-state index contributed by atoms with van der Waals surface area (Å²) in [6, 6.07) is 2.93. The molecule has 0 aromatic carbocycles. The second-order valence-electron chi connectivity index (χ2n) is 5.38. The number of carbonyl (C=O) groups excluding carboxylic acids is 1. The van der Waals surface area contributed by atoms with Crippen molar-refractivity contribution in [2.45, 2.75) is 65.5 Å². The monoisotopic (exact) mass is 248 g/mol. The first-order valence-corrected chi connectivity index (χ1v) is 7.07. The minimum atomic E-state index is 0.174. The molecule has 0 aliphatic heterocycles. The molecule has 100 valence electrons. The normalized spacial score (nSPS) is 14.8. The molecule has 0 spiro atoms. The van der Waals surface area contributed by atoms with E-state index < -0.39 is 0 Å². The average Bonchev–Trinajstić information content (AvgIpc) is 3.12. The molecule has 1 aromatic heterocycles. The fourth-order valence-corrected chi connectivity index (χ4v) is 2.54. The van der Waals surface area contributed by atoms with Crippen molar-refractivity contribution in [1.29, 1.82) is 0 Å². The molecule has 1 fully saturated rings. The lowest BCUT2D eigenvalue weighted by Gasteiger charge is -2.08. The highest BCUT2D eigenvalue weighted by atomic mass is 16.1. The molecule has 1 aromatic rings. The molecule has 1 saturated carbocycles. The maximum Gasteiger partial charge on any atom is 0.220 e. The van der Waals surface area contributed by atoms with Gasteiger partial charge in [0.2, 0.25) is 5.91 Å². The lowest BCUT2D eigenvalue weighted by molar-refractivity contribution is -0.121. The molecule has 0 atom stereocenters. The number of nitrogens with one attached hydrogen (secondary N) is 1. The summed E-state index contributed by atoms with van der Waals surface area (Å²) in [5.74, 6) is 0.174. The van der Waals surface area contributed by atoms with E-state index in [-0.39, 0.29) is 5.91 Å². The van der Waals surface area contributed by atoms with Crippen LogP contribution in [0.2, 0.25) is 0 Å². The third kappa shape index (κ3) is 2.95.